The third-order valence-corrected chi connectivity index (χ3v) is 7.10. The van der Waals surface area contributed by atoms with Gasteiger partial charge >= 0.3 is 0 Å². The summed E-state index contributed by atoms with van der Waals surface area (Å²) in [6.07, 6.45) is 3.45. The van der Waals surface area contributed by atoms with Gasteiger partial charge < -0.3 is 9.15 Å². The first-order valence-corrected chi connectivity index (χ1v) is 11.0. The molecule has 0 bridgehead atoms. The highest BCUT2D eigenvalue weighted by atomic mass is 32.2. The summed E-state index contributed by atoms with van der Waals surface area (Å²) in [5, 5.41) is 0. The lowest BCUT2D eigenvalue weighted by Crippen LogP contribution is -2.43. The third-order valence-electron chi connectivity index (χ3n) is 5.28. The first kappa shape index (κ1) is 20.0. The van der Waals surface area contributed by atoms with Crippen molar-refractivity contribution in [3.05, 3.63) is 108 Å². The van der Waals surface area contributed by atoms with E-state index in [1.807, 2.05) is 37.3 Å². The molecule has 3 aromatic rings. The molecule has 0 aliphatic heterocycles. The fourth-order valence-electron chi connectivity index (χ4n) is 3.78. The van der Waals surface area contributed by atoms with Gasteiger partial charge in [0.05, 0.1) is 35.9 Å². The number of hydrogen-bond acceptors (Lipinski definition) is 4. The smallest absolute Gasteiger partial charge is 0.264 e. The summed E-state index contributed by atoms with van der Waals surface area (Å²) in [4.78, 5) is 0.216. The number of methoxy groups -OCH3 is 1. The lowest BCUT2D eigenvalue weighted by Gasteiger charge is -2.34. The predicted octanol–water partition coefficient (Wildman–Crippen LogP) is 5.04. The normalized spacial score (nSPS) is 18.9. The Balaban J connectivity index is 1.90. The Kier molecular flexibility index (Phi) is 5.26. The Morgan fingerprint density at radius 2 is 1.70 bits per heavy atom. The Morgan fingerprint density at radius 1 is 1.00 bits per heavy atom. The van der Waals surface area contributed by atoms with Crippen molar-refractivity contribution in [2.45, 2.75) is 23.8 Å². The van der Waals surface area contributed by atoms with Gasteiger partial charge in [0, 0.05) is 5.57 Å². The van der Waals surface area contributed by atoms with Crippen molar-refractivity contribution < 1.29 is 17.6 Å². The van der Waals surface area contributed by atoms with E-state index in [1.165, 1.54) is 4.31 Å². The minimum Gasteiger partial charge on any atom is -0.497 e. The van der Waals surface area contributed by atoms with E-state index in [9.17, 15) is 8.42 Å². The molecule has 6 heteroatoms. The molecule has 1 heterocycles. The molecule has 1 aromatic heterocycles. The van der Waals surface area contributed by atoms with Crippen LogP contribution in [0.25, 0.3) is 0 Å². The van der Waals surface area contributed by atoms with Gasteiger partial charge in [-0.25, -0.2) is 8.42 Å². The molecule has 154 valence electrons. The Bertz CT molecular complexity index is 1160. The highest BCUT2D eigenvalue weighted by molar-refractivity contribution is 7.92. The quantitative estimate of drug-likeness (QED) is 0.560. The second-order valence-electron chi connectivity index (χ2n) is 7.20. The zero-order valence-corrected chi connectivity index (χ0v) is 17.7. The van der Waals surface area contributed by atoms with Crippen LogP contribution >= 0.6 is 0 Å². The van der Waals surface area contributed by atoms with Crippen LogP contribution in [0.15, 0.2) is 106 Å². The molecule has 30 heavy (non-hydrogen) atoms. The zero-order valence-electron chi connectivity index (χ0n) is 16.9. The molecule has 0 saturated heterocycles. The van der Waals surface area contributed by atoms with Crippen LogP contribution in [0.5, 0.6) is 0 Å². The molecule has 0 unspecified atom stereocenters. The Labute approximate surface area is 177 Å². The molecule has 2 atom stereocenters. The van der Waals surface area contributed by atoms with Crippen molar-refractivity contribution in [1.82, 2.24) is 0 Å². The molecule has 1 aliphatic rings. The number of aryl methyl sites for hydroxylation is 1. The number of nitrogens with zero attached hydrogens (tertiary/aromatic N) is 1. The van der Waals surface area contributed by atoms with Gasteiger partial charge in [0.1, 0.15) is 11.5 Å². The minimum absolute atomic E-state index is 0.216. The van der Waals surface area contributed by atoms with Crippen molar-refractivity contribution in [2.75, 3.05) is 11.4 Å². The molecule has 0 saturated carbocycles. The maximum Gasteiger partial charge on any atom is 0.264 e. The van der Waals surface area contributed by atoms with Gasteiger partial charge in [-0.2, -0.15) is 0 Å². The standard InChI is InChI=1S/C24H23NO4S/c1-17-11-13-20(14-12-17)30(26,27)25(19-8-5-4-6-9-19)24-18(2)23(28-3)16-21(24)22-10-7-15-29-22/h4-16,21,24H,2H2,1,3H3/t21-,24+/m1/s1. The first-order valence-electron chi connectivity index (χ1n) is 9.58. The molecule has 0 radical (unpaired) electrons. The number of rotatable bonds is 6. The monoisotopic (exact) mass is 421 g/mol. The van der Waals surface area contributed by atoms with Gasteiger partial charge in [-0.15, -0.1) is 0 Å². The highest BCUT2D eigenvalue weighted by Crippen LogP contribution is 2.43. The second kappa shape index (κ2) is 7.88. The van der Waals surface area contributed by atoms with E-state index in [-0.39, 0.29) is 10.8 Å². The molecule has 0 fully saturated rings. The topological polar surface area (TPSA) is 59.8 Å². The van der Waals surface area contributed by atoms with Gasteiger partial charge in [-0.05, 0) is 49.4 Å². The summed E-state index contributed by atoms with van der Waals surface area (Å²) in [6.45, 7) is 6.10. The van der Waals surface area contributed by atoms with E-state index < -0.39 is 16.1 Å². The van der Waals surface area contributed by atoms with Gasteiger partial charge in [-0.3, -0.25) is 4.31 Å². The van der Waals surface area contributed by atoms with Crippen molar-refractivity contribution >= 4 is 15.7 Å². The van der Waals surface area contributed by atoms with E-state index in [4.69, 9.17) is 9.15 Å². The van der Waals surface area contributed by atoms with Gasteiger partial charge in [0.2, 0.25) is 0 Å². The number of anilines is 1. The molecule has 4 rings (SSSR count). The first-order chi connectivity index (χ1) is 14.4. The van der Waals surface area contributed by atoms with Crippen LogP contribution < -0.4 is 4.31 Å². The van der Waals surface area contributed by atoms with Crippen LogP contribution in [0.1, 0.15) is 17.2 Å². The van der Waals surface area contributed by atoms with Gasteiger partial charge in [0.25, 0.3) is 10.0 Å². The highest BCUT2D eigenvalue weighted by Gasteiger charge is 2.44. The number of hydrogen-bond donors (Lipinski definition) is 0. The van der Waals surface area contributed by atoms with Crippen molar-refractivity contribution in [3.8, 4) is 0 Å². The van der Waals surface area contributed by atoms with Crippen LogP contribution in [0.3, 0.4) is 0 Å². The number of para-hydroxylation sites is 1. The summed E-state index contributed by atoms with van der Waals surface area (Å²) in [5.41, 5.74) is 2.12. The van der Waals surface area contributed by atoms with Crippen LogP contribution in [-0.2, 0) is 14.8 Å². The summed E-state index contributed by atoms with van der Waals surface area (Å²) < 4.78 is 40.3. The molecular weight excluding hydrogens is 398 g/mol. The average molecular weight is 422 g/mol. The number of furan rings is 1. The van der Waals surface area contributed by atoms with Crippen molar-refractivity contribution in [1.29, 1.82) is 0 Å². The van der Waals surface area contributed by atoms with Crippen LogP contribution in [0.4, 0.5) is 5.69 Å². The number of sulfonamides is 1. The molecule has 1 aliphatic carbocycles. The molecule has 0 amide bonds. The minimum atomic E-state index is -3.90. The Hall–Kier alpha value is -3.25. The van der Waals surface area contributed by atoms with Crippen LogP contribution in [0.2, 0.25) is 0 Å². The zero-order chi connectivity index (χ0) is 21.3. The molecule has 5 nitrogen and oxygen atoms in total. The fourth-order valence-corrected chi connectivity index (χ4v) is 5.44. The summed E-state index contributed by atoms with van der Waals surface area (Å²) in [7, 11) is -2.35. The molecule has 0 N–H and O–H groups in total. The Morgan fingerprint density at radius 3 is 2.30 bits per heavy atom. The molecule has 2 aromatic carbocycles. The molecule has 0 spiro atoms. The SMILES string of the molecule is C=C1C(OC)=C[C@H](c2ccco2)[C@H]1N(c1ccccc1)S(=O)(=O)c1ccc(C)cc1. The van der Waals surface area contributed by atoms with Crippen LogP contribution in [-0.4, -0.2) is 21.6 Å². The summed E-state index contributed by atoms with van der Waals surface area (Å²) >= 11 is 0. The van der Waals surface area contributed by atoms with Crippen LogP contribution in [0, 0.1) is 6.92 Å². The molecular formula is C24H23NO4S. The maximum absolute atomic E-state index is 13.9. The summed E-state index contributed by atoms with van der Waals surface area (Å²) in [6, 6.07) is 18.9. The number of ether oxygens (including phenoxy) is 1. The van der Waals surface area contributed by atoms with Crippen molar-refractivity contribution in [3.63, 3.8) is 0 Å². The van der Waals surface area contributed by atoms with E-state index in [0.29, 0.717) is 22.8 Å². The predicted molar refractivity (Wildman–Crippen MR) is 117 cm³/mol. The van der Waals surface area contributed by atoms with Gasteiger partial charge in [-0.1, -0.05) is 42.5 Å². The number of benzene rings is 2. The average Bonchev–Trinajstić information content (AvgIpc) is 3.38. The van der Waals surface area contributed by atoms with Crippen molar-refractivity contribution in [2.24, 2.45) is 0 Å². The third kappa shape index (κ3) is 3.44. The second-order valence-corrected chi connectivity index (χ2v) is 9.01. The lowest BCUT2D eigenvalue weighted by atomic mass is 9.98. The maximum atomic E-state index is 13.9. The van der Waals surface area contributed by atoms with E-state index in [0.717, 1.165) is 5.56 Å². The van der Waals surface area contributed by atoms with Gasteiger partial charge in [0.15, 0.2) is 0 Å². The van der Waals surface area contributed by atoms with E-state index in [1.54, 1.807) is 55.8 Å². The lowest BCUT2D eigenvalue weighted by molar-refractivity contribution is 0.302. The fraction of sp³-hybridized carbons (Fsp3) is 0.167. The largest absolute Gasteiger partial charge is 0.497 e. The summed E-state index contributed by atoms with van der Waals surface area (Å²) in [5.74, 6) is 0.831. The van der Waals surface area contributed by atoms with E-state index >= 15 is 0 Å². The van der Waals surface area contributed by atoms with E-state index in [2.05, 4.69) is 6.58 Å².